The molecule has 0 aromatic rings. The van der Waals surface area contributed by atoms with Crippen molar-refractivity contribution in [3.8, 4) is 0 Å². The molecule has 15 heavy (non-hydrogen) atoms. The molecule has 0 nitrogen and oxygen atoms in total. The second-order valence-electron chi connectivity index (χ2n) is 5.89. The Morgan fingerprint density at radius 3 is 2.33 bits per heavy atom. The monoisotopic (exact) mass is 208 g/mol. The van der Waals surface area contributed by atoms with Gasteiger partial charge in [-0.1, -0.05) is 39.8 Å². The maximum atomic E-state index is 2.42. The molecule has 0 N–H and O–H groups in total. The van der Waals surface area contributed by atoms with Crippen LogP contribution in [0.1, 0.15) is 59.8 Å². The third kappa shape index (κ3) is 4.40. The van der Waals surface area contributed by atoms with Crippen molar-refractivity contribution >= 4 is 0 Å². The van der Waals surface area contributed by atoms with Gasteiger partial charge in [0, 0.05) is 0 Å². The zero-order valence-corrected chi connectivity index (χ0v) is 11.0. The van der Waals surface area contributed by atoms with E-state index in [1.165, 1.54) is 32.1 Å². The quantitative estimate of drug-likeness (QED) is 0.423. The van der Waals surface area contributed by atoms with Gasteiger partial charge in [-0.3, -0.25) is 0 Å². The maximum absolute atomic E-state index is 2.42. The van der Waals surface area contributed by atoms with Crippen LogP contribution in [0.15, 0.2) is 12.2 Å². The molecule has 1 rings (SSSR count). The van der Waals surface area contributed by atoms with E-state index >= 15 is 0 Å². The van der Waals surface area contributed by atoms with Crippen molar-refractivity contribution in [1.82, 2.24) is 0 Å². The van der Waals surface area contributed by atoms with Crippen LogP contribution in [0.5, 0.6) is 0 Å². The van der Waals surface area contributed by atoms with Crippen LogP contribution in [0.2, 0.25) is 0 Å². The first-order valence-corrected chi connectivity index (χ1v) is 6.76. The van der Waals surface area contributed by atoms with E-state index in [2.05, 4.69) is 39.8 Å². The van der Waals surface area contributed by atoms with E-state index in [0.29, 0.717) is 0 Å². The molecule has 1 aliphatic rings. The first-order valence-electron chi connectivity index (χ1n) is 6.76. The van der Waals surface area contributed by atoms with Crippen molar-refractivity contribution in [2.75, 3.05) is 0 Å². The molecule has 2 atom stereocenters. The zero-order chi connectivity index (χ0) is 11.3. The van der Waals surface area contributed by atoms with Crippen molar-refractivity contribution in [2.45, 2.75) is 59.8 Å². The van der Waals surface area contributed by atoms with Gasteiger partial charge in [0.2, 0.25) is 0 Å². The highest BCUT2D eigenvalue weighted by atomic mass is 14.4. The molecule has 2 unspecified atom stereocenters. The van der Waals surface area contributed by atoms with Crippen molar-refractivity contribution in [1.29, 1.82) is 0 Å². The molecule has 0 aromatic heterocycles. The molecule has 0 aromatic carbocycles. The van der Waals surface area contributed by atoms with Crippen LogP contribution >= 0.6 is 0 Å². The lowest BCUT2D eigenvalue weighted by molar-refractivity contribution is 0.0907. The van der Waals surface area contributed by atoms with Gasteiger partial charge in [0.05, 0.1) is 0 Å². The lowest BCUT2D eigenvalue weighted by atomic mass is 9.65. The van der Waals surface area contributed by atoms with Crippen LogP contribution in [0.25, 0.3) is 0 Å². The Labute approximate surface area is 96.2 Å². The van der Waals surface area contributed by atoms with Gasteiger partial charge in [0.15, 0.2) is 0 Å². The van der Waals surface area contributed by atoms with E-state index in [4.69, 9.17) is 0 Å². The van der Waals surface area contributed by atoms with Gasteiger partial charge < -0.3 is 0 Å². The Bertz CT molecular complexity index is 182. The average Bonchev–Trinajstić information content (AvgIpc) is 2.16. The highest BCUT2D eigenvalue weighted by Gasteiger charge is 2.33. The summed E-state index contributed by atoms with van der Waals surface area (Å²) < 4.78 is 0. The van der Waals surface area contributed by atoms with Gasteiger partial charge in [0.1, 0.15) is 0 Å². The predicted molar refractivity (Wildman–Crippen MR) is 68.9 cm³/mol. The summed E-state index contributed by atoms with van der Waals surface area (Å²) in [6, 6.07) is 0. The molecule has 1 saturated carbocycles. The highest BCUT2D eigenvalue weighted by molar-refractivity contribution is 4.86. The molecule has 0 aliphatic heterocycles. The predicted octanol–water partition coefficient (Wildman–Crippen LogP) is 5.05. The molecule has 0 heteroatoms. The van der Waals surface area contributed by atoms with Crippen LogP contribution < -0.4 is 0 Å². The number of allylic oxidation sites excluding steroid dienone is 2. The van der Waals surface area contributed by atoms with Crippen molar-refractivity contribution < 1.29 is 0 Å². The Hall–Kier alpha value is -0.260. The maximum Gasteiger partial charge on any atom is -0.0327 e. The van der Waals surface area contributed by atoms with Crippen LogP contribution in [0.4, 0.5) is 0 Å². The molecular weight excluding hydrogens is 180 g/mol. The second kappa shape index (κ2) is 6.35. The van der Waals surface area contributed by atoms with Gasteiger partial charge in [0.25, 0.3) is 0 Å². The summed E-state index contributed by atoms with van der Waals surface area (Å²) in [5.74, 6) is 3.84. The minimum absolute atomic E-state index is 0.813. The van der Waals surface area contributed by atoms with Crippen LogP contribution in [-0.2, 0) is 0 Å². The fourth-order valence-corrected chi connectivity index (χ4v) is 2.83. The third-order valence-electron chi connectivity index (χ3n) is 3.89. The van der Waals surface area contributed by atoms with E-state index < -0.39 is 0 Å². The molecule has 0 spiro atoms. The number of hydrogen-bond acceptors (Lipinski definition) is 0. The normalized spacial score (nSPS) is 31.1. The second-order valence-corrected chi connectivity index (χ2v) is 5.89. The largest absolute Gasteiger partial charge is 0.0885 e. The Balaban J connectivity index is 1.99. The lowest BCUT2D eigenvalue weighted by Crippen LogP contribution is -2.32. The molecule has 0 radical (unpaired) electrons. The van der Waals surface area contributed by atoms with Crippen LogP contribution in [0.3, 0.4) is 0 Å². The number of hydrogen-bond donors (Lipinski definition) is 0. The fraction of sp³-hybridized carbons (Fsp3) is 0.867. The van der Waals surface area contributed by atoms with E-state index in [9.17, 15) is 0 Å². The standard InChI is InChI=1S/C15H28/c1-12(2)9-7-5-6-8-10-15-13(3)11-14(15)4/h5,7,12-15H,6,8-11H2,1-4H3. The fourth-order valence-electron chi connectivity index (χ4n) is 2.83. The number of unbranched alkanes of at least 4 members (excludes halogenated alkanes) is 1. The third-order valence-corrected chi connectivity index (χ3v) is 3.89. The summed E-state index contributed by atoms with van der Waals surface area (Å²) in [6.45, 7) is 9.39. The van der Waals surface area contributed by atoms with Crippen LogP contribution in [-0.4, -0.2) is 0 Å². The molecule has 0 saturated heterocycles. The zero-order valence-electron chi connectivity index (χ0n) is 11.0. The molecule has 1 aliphatic carbocycles. The topological polar surface area (TPSA) is 0 Å². The van der Waals surface area contributed by atoms with Gasteiger partial charge in [-0.15, -0.1) is 0 Å². The van der Waals surface area contributed by atoms with E-state index in [1.807, 2.05) is 0 Å². The molecule has 0 heterocycles. The minimum Gasteiger partial charge on any atom is -0.0885 e. The SMILES string of the molecule is CC(C)CC=CCCCC1C(C)CC1C. The van der Waals surface area contributed by atoms with Crippen molar-refractivity contribution in [3.63, 3.8) is 0 Å². The van der Waals surface area contributed by atoms with Gasteiger partial charge in [-0.2, -0.15) is 0 Å². The van der Waals surface area contributed by atoms with E-state index in [0.717, 1.165) is 23.7 Å². The van der Waals surface area contributed by atoms with Crippen molar-refractivity contribution in [2.24, 2.45) is 23.7 Å². The average molecular weight is 208 g/mol. The Morgan fingerprint density at radius 1 is 1.13 bits per heavy atom. The van der Waals surface area contributed by atoms with Gasteiger partial charge in [-0.25, -0.2) is 0 Å². The summed E-state index contributed by atoms with van der Waals surface area (Å²) in [4.78, 5) is 0. The molecule has 1 fully saturated rings. The van der Waals surface area contributed by atoms with E-state index in [-0.39, 0.29) is 0 Å². The van der Waals surface area contributed by atoms with Crippen molar-refractivity contribution in [3.05, 3.63) is 12.2 Å². The van der Waals surface area contributed by atoms with E-state index in [1.54, 1.807) is 0 Å². The summed E-state index contributed by atoms with van der Waals surface area (Å²) in [5, 5.41) is 0. The number of rotatable bonds is 6. The first kappa shape index (κ1) is 12.8. The highest BCUT2D eigenvalue weighted by Crippen LogP contribution is 2.42. The molecular formula is C15H28. The van der Waals surface area contributed by atoms with Crippen LogP contribution in [0, 0.1) is 23.7 Å². The Morgan fingerprint density at radius 2 is 1.80 bits per heavy atom. The molecule has 0 amide bonds. The molecule has 0 bridgehead atoms. The van der Waals surface area contributed by atoms with Gasteiger partial charge in [-0.05, 0) is 55.8 Å². The summed E-state index contributed by atoms with van der Waals surface area (Å²) in [6.07, 6.45) is 11.6. The first-order chi connectivity index (χ1) is 7.11. The minimum atomic E-state index is 0.813. The summed E-state index contributed by atoms with van der Waals surface area (Å²) >= 11 is 0. The molecule has 88 valence electrons. The summed E-state index contributed by atoms with van der Waals surface area (Å²) in [5.41, 5.74) is 0. The van der Waals surface area contributed by atoms with Gasteiger partial charge >= 0.3 is 0 Å². The smallest absolute Gasteiger partial charge is 0.0327 e. The lowest BCUT2D eigenvalue weighted by Gasteiger charge is -2.41. The summed E-state index contributed by atoms with van der Waals surface area (Å²) in [7, 11) is 0. The Kier molecular flexibility index (Phi) is 5.42.